The van der Waals surface area contributed by atoms with Crippen molar-refractivity contribution in [2.45, 2.75) is 110 Å². The Kier molecular flexibility index (Phi) is 9.70. The van der Waals surface area contributed by atoms with Crippen LogP contribution in [0.25, 0.3) is 0 Å². The Morgan fingerprint density at radius 1 is 1.00 bits per heavy atom. The average Bonchev–Trinajstić information content (AvgIpc) is 2.95. The smallest absolute Gasteiger partial charge is 0.393 e. The molecule has 0 spiro atoms. The van der Waals surface area contributed by atoms with Gasteiger partial charge in [0.25, 0.3) is 0 Å². The van der Waals surface area contributed by atoms with Gasteiger partial charge >= 0.3 is 18.0 Å². The minimum absolute atomic E-state index is 0.118. The van der Waals surface area contributed by atoms with Gasteiger partial charge in [-0.05, 0) is 73.0 Å². The Hall–Kier alpha value is -1.50. The molecule has 3 N–H and O–H groups in total. The highest BCUT2D eigenvalue weighted by molar-refractivity contribution is 5.21. The summed E-state index contributed by atoms with van der Waals surface area (Å²) in [6.07, 6.45) is -3.10. The quantitative estimate of drug-likeness (QED) is 0.260. The van der Waals surface area contributed by atoms with Crippen LogP contribution in [0.5, 0.6) is 0 Å². The highest BCUT2D eigenvalue weighted by Gasteiger charge is 2.70. The van der Waals surface area contributed by atoms with Gasteiger partial charge in [-0.15, -0.1) is 0 Å². The zero-order valence-electron chi connectivity index (χ0n) is 22.2. The van der Waals surface area contributed by atoms with Crippen molar-refractivity contribution in [3.05, 3.63) is 23.8 Å². The number of rotatable bonds is 6. The van der Waals surface area contributed by atoms with Gasteiger partial charge in [-0.1, -0.05) is 64.3 Å². The highest BCUT2D eigenvalue weighted by Crippen LogP contribution is 2.61. The summed E-state index contributed by atoms with van der Waals surface area (Å²) in [5.74, 6) is 3.13. The van der Waals surface area contributed by atoms with Gasteiger partial charge in [0.05, 0.1) is 12.2 Å². The summed E-state index contributed by atoms with van der Waals surface area (Å²) in [5.41, 5.74) is -4.27. The van der Waals surface area contributed by atoms with E-state index in [9.17, 15) is 41.7 Å². The third kappa shape index (κ3) is 6.93. The van der Waals surface area contributed by atoms with Gasteiger partial charge in [0.15, 0.2) is 0 Å². The second kappa shape index (κ2) is 11.3. The van der Waals surface area contributed by atoms with E-state index in [-0.39, 0.29) is 35.0 Å². The van der Waals surface area contributed by atoms with Crippen molar-refractivity contribution in [2.75, 3.05) is 0 Å². The molecule has 9 heteroatoms. The maximum Gasteiger partial charge on any atom is 0.438 e. The molecule has 212 valence electrons. The monoisotopic (exact) mass is 538 g/mol. The predicted molar refractivity (Wildman–Crippen MR) is 130 cm³/mol. The van der Waals surface area contributed by atoms with Crippen molar-refractivity contribution in [1.29, 1.82) is 0 Å². The number of halogens is 6. The van der Waals surface area contributed by atoms with Crippen molar-refractivity contribution >= 4 is 0 Å². The van der Waals surface area contributed by atoms with Crippen molar-refractivity contribution in [2.24, 2.45) is 28.6 Å². The molecular formula is C28H40F6O3. The Morgan fingerprint density at radius 2 is 1.54 bits per heavy atom. The minimum Gasteiger partial charge on any atom is -0.393 e. The van der Waals surface area contributed by atoms with E-state index in [2.05, 4.69) is 33.8 Å². The van der Waals surface area contributed by atoms with Crippen LogP contribution in [0.4, 0.5) is 26.3 Å². The zero-order valence-corrected chi connectivity index (χ0v) is 22.2. The second-order valence-electron chi connectivity index (χ2n) is 11.9. The molecule has 0 radical (unpaired) electrons. The molecule has 2 rings (SSSR count). The molecule has 0 aliphatic heterocycles. The number of hydrogen-bond donors (Lipinski definition) is 3. The molecule has 2 aliphatic rings. The summed E-state index contributed by atoms with van der Waals surface area (Å²) >= 11 is 0. The molecule has 0 heterocycles. The minimum atomic E-state index is -5.94. The van der Waals surface area contributed by atoms with Crippen LogP contribution in [0, 0.1) is 40.4 Å². The molecule has 37 heavy (non-hydrogen) atoms. The molecule has 0 bridgehead atoms. The first-order chi connectivity index (χ1) is 16.7. The van der Waals surface area contributed by atoms with Crippen molar-refractivity contribution in [1.82, 2.24) is 0 Å². The van der Waals surface area contributed by atoms with Crippen molar-refractivity contribution < 1.29 is 41.7 Å². The van der Waals surface area contributed by atoms with E-state index < -0.39 is 30.2 Å². The molecule has 2 saturated carbocycles. The summed E-state index contributed by atoms with van der Waals surface area (Å²) in [4.78, 5) is 0. The summed E-state index contributed by atoms with van der Waals surface area (Å²) in [5, 5.41) is 28.9. The Labute approximate surface area is 216 Å². The van der Waals surface area contributed by atoms with Crippen LogP contribution in [0.15, 0.2) is 23.8 Å². The number of aliphatic hydroxyl groups excluding tert-OH is 2. The maximum absolute atomic E-state index is 12.8. The van der Waals surface area contributed by atoms with E-state index in [4.69, 9.17) is 0 Å². The van der Waals surface area contributed by atoms with Crippen LogP contribution in [-0.4, -0.2) is 45.5 Å². The summed E-state index contributed by atoms with van der Waals surface area (Å²) in [6.45, 7) is 10.4. The number of aliphatic hydroxyl groups is 3. The van der Waals surface area contributed by atoms with E-state index in [1.165, 1.54) is 0 Å². The van der Waals surface area contributed by atoms with Gasteiger partial charge in [-0.2, -0.15) is 26.3 Å². The Morgan fingerprint density at radius 3 is 2.05 bits per heavy atom. The largest absolute Gasteiger partial charge is 0.438 e. The third-order valence-corrected chi connectivity index (χ3v) is 8.97. The maximum atomic E-state index is 12.8. The molecule has 0 amide bonds. The number of alkyl halides is 6. The van der Waals surface area contributed by atoms with E-state index in [1.54, 1.807) is 6.92 Å². The Bertz CT molecular complexity index is 882. The molecule has 2 aliphatic carbocycles. The molecule has 0 saturated heterocycles. The molecule has 0 aromatic carbocycles. The van der Waals surface area contributed by atoms with Crippen molar-refractivity contribution in [3.8, 4) is 11.8 Å². The van der Waals surface area contributed by atoms with Crippen LogP contribution in [0.1, 0.15) is 79.6 Å². The molecule has 0 aromatic heterocycles. The van der Waals surface area contributed by atoms with Gasteiger partial charge in [-0.25, -0.2) is 0 Å². The summed E-state index contributed by atoms with van der Waals surface area (Å²) in [7, 11) is 0. The zero-order chi connectivity index (χ0) is 28.4. The first-order valence-electron chi connectivity index (χ1n) is 12.8. The second-order valence-corrected chi connectivity index (χ2v) is 11.9. The molecule has 1 unspecified atom stereocenters. The van der Waals surface area contributed by atoms with Crippen LogP contribution in [-0.2, 0) is 0 Å². The van der Waals surface area contributed by atoms with Gasteiger partial charge in [0, 0.05) is 6.42 Å². The fraction of sp³-hybridized carbons (Fsp3) is 0.786. The number of hydrogen-bond acceptors (Lipinski definition) is 3. The highest BCUT2D eigenvalue weighted by atomic mass is 19.4. The van der Waals surface area contributed by atoms with E-state index in [1.807, 2.05) is 18.1 Å². The Balaban J connectivity index is 2.05. The lowest BCUT2D eigenvalue weighted by Crippen LogP contribution is -2.55. The van der Waals surface area contributed by atoms with Gasteiger partial charge in [0.1, 0.15) is 0 Å². The predicted octanol–water partition coefficient (Wildman–Crippen LogP) is 6.73. The average molecular weight is 539 g/mol. The summed E-state index contributed by atoms with van der Waals surface area (Å²) in [6, 6.07) is 0. The molecule has 2 fully saturated rings. The van der Waals surface area contributed by atoms with E-state index in [0.717, 1.165) is 24.3 Å². The van der Waals surface area contributed by atoms with Crippen LogP contribution < -0.4 is 0 Å². The fourth-order valence-corrected chi connectivity index (χ4v) is 6.01. The standard InChI is InChI=1S/C28H40F6O3/c1-18(8-7-12-26(37,27(29,30)31)28(32,33)34)14-19(2)25(5)13-11-21(24(25,3)4)10-6-9-20-15-22(35)17-23(36)16-20/h6,9-10,18-19,21-23,35-37H,8,11,13-17H2,1-5H3/b10-6+/t18?,19-,21-,22-,23-,25-/m1/s1. The van der Waals surface area contributed by atoms with Gasteiger partial charge in [-0.3, -0.25) is 0 Å². The van der Waals surface area contributed by atoms with Crippen LogP contribution >= 0.6 is 0 Å². The lowest BCUT2D eigenvalue weighted by molar-refractivity contribution is -0.343. The topological polar surface area (TPSA) is 60.7 Å². The van der Waals surface area contributed by atoms with Crippen LogP contribution in [0.3, 0.4) is 0 Å². The van der Waals surface area contributed by atoms with Gasteiger partial charge in [0.2, 0.25) is 0 Å². The molecule has 6 atom stereocenters. The first kappa shape index (κ1) is 31.7. The molecule has 3 nitrogen and oxygen atoms in total. The fourth-order valence-electron chi connectivity index (χ4n) is 6.01. The third-order valence-electron chi connectivity index (χ3n) is 8.97. The lowest BCUT2D eigenvalue weighted by Gasteiger charge is -2.46. The number of allylic oxidation sites excluding steroid dienone is 3. The van der Waals surface area contributed by atoms with E-state index >= 15 is 0 Å². The summed E-state index contributed by atoms with van der Waals surface area (Å²) < 4.78 is 77.0. The molecular weight excluding hydrogens is 498 g/mol. The van der Waals surface area contributed by atoms with Crippen LogP contribution in [0.2, 0.25) is 0 Å². The molecule has 0 aromatic rings. The normalized spacial score (nSPS) is 30.6. The van der Waals surface area contributed by atoms with E-state index in [0.29, 0.717) is 25.7 Å². The lowest BCUT2D eigenvalue weighted by atomic mass is 9.58. The van der Waals surface area contributed by atoms with Crippen molar-refractivity contribution in [3.63, 3.8) is 0 Å². The van der Waals surface area contributed by atoms with Gasteiger partial charge < -0.3 is 15.3 Å². The first-order valence-corrected chi connectivity index (χ1v) is 12.8. The SMILES string of the molecule is CC(CC#CC(O)(C(F)(F)F)C(F)(F)F)C[C@@H](C)[C@@]1(C)CC[C@@H](/C=C/C=C2C[C@@H](O)C[C@H](O)C2)C1(C)C.